The van der Waals surface area contributed by atoms with E-state index in [-0.39, 0.29) is 11.8 Å². The number of carbonyl (C=O) groups excluding carboxylic acids is 2. The van der Waals surface area contributed by atoms with Crippen molar-refractivity contribution in [2.45, 2.75) is 45.2 Å². The van der Waals surface area contributed by atoms with E-state index in [0.717, 1.165) is 43.4 Å². The van der Waals surface area contributed by atoms with Crippen molar-refractivity contribution in [3.63, 3.8) is 0 Å². The second-order valence-electron chi connectivity index (χ2n) is 5.70. The fourth-order valence-corrected chi connectivity index (χ4v) is 2.93. The lowest BCUT2D eigenvalue weighted by atomic mass is 10.1. The molecule has 2 rings (SSSR count). The van der Waals surface area contributed by atoms with Crippen LogP contribution >= 0.6 is 0 Å². The lowest BCUT2D eigenvalue weighted by molar-refractivity contribution is -0.116. The number of amides is 2. The van der Waals surface area contributed by atoms with Crippen LogP contribution in [0.2, 0.25) is 0 Å². The van der Waals surface area contributed by atoms with Gasteiger partial charge in [0.05, 0.1) is 0 Å². The number of rotatable bonds is 6. The highest BCUT2D eigenvalue weighted by atomic mass is 16.2. The molecule has 0 saturated carbocycles. The number of hydrogen-bond donors (Lipinski definition) is 1. The molecule has 22 heavy (non-hydrogen) atoms. The molecule has 0 aliphatic carbocycles. The summed E-state index contributed by atoms with van der Waals surface area (Å²) in [6, 6.07) is 7.87. The summed E-state index contributed by atoms with van der Waals surface area (Å²) in [4.78, 5) is 25.8. The fraction of sp³-hybridized carbons (Fsp3) is 0.444. The van der Waals surface area contributed by atoms with Crippen molar-refractivity contribution in [1.29, 1.82) is 0 Å². The van der Waals surface area contributed by atoms with Gasteiger partial charge in [0.15, 0.2) is 0 Å². The number of nitrogens with one attached hydrogen (secondary N) is 1. The third-order valence-corrected chi connectivity index (χ3v) is 4.11. The maximum Gasteiger partial charge on any atom is 0.254 e. The van der Waals surface area contributed by atoms with Gasteiger partial charge >= 0.3 is 0 Å². The van der Waals surface area contributed by atoms with Gasteiger partial charge in [-0.1, -0.05) is 32.1 Å². The molecule has 0 bridgehead atoms. The zero-order valence-electron chi connectivity index (χ0n) is 13.2. The van der Waals surface area contributed by atoms with Gasteiger partial charge in [0.2, 0.25) is 5.91 Å². The third-order valence-electron chi connectivity index (χ3n) is 4.11. The van der Waals surface area contributed by atoms with E-state index < -0.39 is 0 Å². The Labute approximate surface area is 132 Å². The Balaban J connectivity index is 1.98. The van der Waals surface area contributed by atoms with Crippen molar-refractivity contribution in [3.8, 4) is 0 Å². The SMILES string of the molecule is C=CC(=O)NCc1ccc(C(=O)N2CCCC2CCC)cc1. The molecule has 0 spiro atoms. The van der Waals surface area contributed by atoms with Crippen LogP contribution in [0.3, 0.4) is 0 Å². The average molecular weight is 300 g/mol. The summed E-state index contributed by atoms with van der Waals surface area (Å²) < 4.78 is 0. The van der Waals surface area contributed by atoms with Gasteiger partial charge < -0.3 is 10.2 Å². The molecule has 1 aromatic carbocycles. The normalized spacial score (nSPS) is 17.3. The summed E-state index contributed by atoms with van der Waals surface area (Å²) in [5.74, 6) is -0.0720. The molecule has 4 nitrogen and oxygen atoms in total. The largest absolute Gasteiger partial charge is 0.348 e. The van der Waals surface area contributed by atoms with Crippen LogP contribution in [-0.2, 0) is 11.3 Å². The highest BCUT2D eigenvalue weighted by molar-refractivity contribution is 5.94. The van der Waals surface area contributed by atoms with Crippen LogP contribution in [0, 0.1) is 0 Å². The standard InChI is InChI=1S/C18H24N2O2/c1-3-6-16-7-5-12-20(16)18(22)15-10-8-14(9-11-15)13-19-17(21)4-2/h4,8-11,16H,2-3,5-7,12-13H2,1H3,(H,19,21). The van der Waals surface area contributed by atoms with Gasteiger partial charge in [0.1, 0.15) is 0 Å². The summed E-state index contributed by atoms with van der Waals surface area (Å²) >= 11 is 0. The topological polar surface area (TPSA) is 49.4 Å². The van der Waals surface area contributed by atoms with Gasteiger partial charge in [0, 0.05) is 24.7 Å². The van der Waals surface area contributed by atoms with Crippen LogP contribution < -0.4 is 5.32 Å². The molecule has 1 aromatic rings. The first kappa shape index (κ1) is 16.3. The van der Waals surface area contributed by atoms with Gasteiger partial charge in [-0.05, 0) is 43.0 Å². The third kappa shape index (κ3) is 3.97. The van der Waals surface area contributed by atoms with Gasteiger partial charge in [-0.15, -0.1) is 0 Å². The number of benzene rings is 1. The Hall–Kier alpha value is -2.10. The minimum atomic E-state index is -0.195. The van der Waals surface area contributed by atoms with Crippen molar-refractivity contribution in [2.24, 2.45) is 0 Å². The lowest BCUT2D eigenvalue weighted by Crippen LogP contribution is -2.35. The Morgan fingerprint density at radius 2 is 2.09 bits per heavy atom. The van der Waals surface area contributed by atoms with Crippen LogP contribution in [0.25, 0.3) is 0 Å². The molecule has 1 atom stereocenters. The molecule has 118 valence electrons. The number of hydrogen-bond acceptors (Lipinski definition) is 2. The van der Waals surface area contributed by atoms with E-state index in [0.29, 0.717) is 12.6 Å². The van der Waals surface area contributed by atoms with E-state index in [1.165, 1.54) is 6.08 Å². The van der Waals surface area contributed by atoms with Crippen LogP contribution in [-0.4, -0.2) is 29.3 Å². The molecule has 1 fully saturated rings. The highest BCUT2D eigenvalue weighted by Gasteiger charge is 2.28. The predicted molar refractivity (Wildman–Crippen MR) is 87.5 cm³/mol. The Kier molecular flexibility index (Phi) is 5.75. The van der Waals surface area contributed by atoms with Crippen molar-refractivity contribution < 1.29 is 9.59 Å². The zero-order chi connectivity index (χ0) is 15.9. The van der Waals surface area contributed by atoms with Gasteiger partial charge in [-0.3, -0.25) is 9.59 Å². The van der Waals surface area contributed by atoms with Crippen LogP contribution in [0.4, 0.5) is 0 Å². The fourth-order valence-electron chi connectivity index (χ4n) is 2.93. The first-order valence-corrected chi connectivity index (χ1v) is 7.96. The first-order valence-electron chi connectivity index (χ1n) is 7.96. The Bertz CT molecular complexity index is 537. The molecule has 4 heteroatoms. The second-order valence-corrected chi connectivity index (χ2v) is 5.70. The zero-order valence-corrected chi connectivity index (χ0v) is 13.2. The van der Waals surface area contributed by atoms with Gasteiger partial charge in [-0.25, -0.2) is 0 Å². The second kappa shape index (κ2) is 7.78. The van der Waals surface area contributed by atoms with Crippen molar-refractivity contribution >= 4 is 11.8 Å². The minimum Gasteiger partial charge on any atom is -0.348 e. The smallest absolute Gasteiger partial charge is 0.254 e. The predicted octanol–water partition coefficient (Wildman–Crippen LogP) is 2.89. The van der Waals surface area contributed by atoms with Crippen LogP contribution in [0.1, 0.15) is 48.5 Å². The van der Waals surface area contributed by atoms with E-state index in [4.69, 9.17) is 0 Å². The molecule has 1 N–H and O–H groups in total. The van der Waals surface area contributed by atoms with E-state index in [9.17, 15) is 9.59 Å². The number of likely N-dealkylation sites (tertiary alicyclic amines) is 1. The van der Waals surface area contributed by atoms with Crippen LogP contribution in [0.5, 0.6) is 0 Å². The maximum absolute atomic E-state index is 12.6. The monoisotopic (exact) mass is 300 g/mol. The molecule has 1 unspecified atom stereocenters. The van der Waals surface area contributed by atoms with E-state index in [2.05, 4.69) is 18.8 Å². The number of carbonyl (C=O) groups is 2. The maximum atomic E-state index is 12.6. The molecule has 0 aromatic heterocycles. The van der Waals surface area contributed by atoms with Crippen LogP contribution in [0.15, 0.2) is 36.9 Å². The first-order chi connectivity index (χ1) is 10.7. The van der Waals surface area contributed by atoms with Gasteiger partial charge in [-0.2, -0.15) is 0 Å². The summed E-state index contributed by atoms with van der Waals surface area (Å²) in [6.45, 7) is 6.88. The summed E-state index contributed by atoms with van der Waals surface area (Å²) in [5.41, 5.74) is 1.69. The van der Waals surface area contributed by atoms with E-state index in [1.54, 1.807) is 0 Å². The van der Waals surface area contributed by atoms with Crippen molar-refractivity contribution in [3.05, 3.63) is 48.0 Å². The molecular weight excluding hydrogens is 276 g/mol. The van der Waals surface area contributed by atoms with E-state index >= 15 is 0 Å². The van der Waals surface area contributed by atoms with Crippen molar-refractivity contribution in [2.75, 3.05) is 6.54 Å². The molecule has 1 aliphatic rings. The number of nitrogens with zero attached hydrogens (tertiary/aromatic N) is 1. The Morgan fingerprint density at radius 3 is 2.73 bits per heavy atom. The average Bonchev–Trinajstić information content (AvgIpc) is 3.01. The lowest BCUT2D eigenvalue weighted by Gasteiger charge is -2.24. The molecule has 2 amide bonds. The van der Waals surface area contributed by atoms with Crippen molar-refractivity contribution in [1.82, 2.24) is 10.2 Å². The summed E-state index contributed by atoms with van der Waals surface area (Å²) in [7, 11) is 0. The summed E-state index contributed by atoms with van der Waals surface area (Å²) in [5, 5.41) is 2.72. The molecule has 1 aliphatic heterocycles. The highest BCUT2D eigenvalue weighted by Crippen LogP contribution is 2.23. The molecule has 0 radical (unpaired) electrons. The molecular formula is C18H24N2O2. The quantitative estimate of drug-likeness (QED) is 0.821. The molecule has 1 heterocycles. The molecule has 1 saturated heterocycles. The summed E-state index contributed by atoms with van der Waals surface area (Å²) in [6.07, 6.45) is 5.65. The van der Waals surface area contributed by atoms with Gasteiger partial charge in [0.25, 0.3) is 5.91 Å². The minimum absolute atomic E-state index is 0.123. The van der Waals surface area contributed by atoms with E-state index in [1.807, 2.05) is 29.2 Å². The Morgan fingerprint density at radius 1 is 1.36 bits per heavy atom.